The molecule has 1 aliphatic heterocycles. The Morgan fingerprint density at radius 3 is 2.43 bits per heavy atom. The summed E-state index contributed by atoms with van der Waals surface area (Å²) in [5.41, 5.74) is 3.85. The third-order valence-corrected chi connectivity index (χ3v) is 5.23. The van der Waals surface area contributed by atoms with E-state index in [-0.39, 0.29) is 5.91 Å². The van der Waals surface area contributed by atoms with Crippen LogP contribution >= 0.6 is 0 Å². The molecule has 1 fully saturated rings. The van der Waals surface area contributed by atoms with Gasteiger partial charge in [-0.2, -0.15) is 0 Å². The highest BCUT2D eigenvalue weighted by atomic mass is 16.1. The number of nitrogens with one attached hydrogen (secondary N) is 1. The van der Waals surface area contributed by atoms with Crippen molar-refractivity contribution < 1.29 is 4.79 Å². The second-order valence-corrected chi connectivity index (χ2v) is 7.09. The molecule has 0 saturated carbocycles. The van der Waals surface area contributed by atoms with Gasteiger partial charge in [-0.15, -0.1) is 0 Å². The lowest BCUT2D eigenvalue weighted by molar-refractivity contribution is -0.114. The third-order valence-electron chi connectivity index (χ3n) is 5.23. The van der Waals surface area contributed by atoms with Crippen molar-refractivity contribution in [2.75, 3.05) is 36.4 Å². The summed E-state index contributed by atoms with van der Waals surface area (Å²) in [6.45, 7) is 7.52. The van der Waals surface area contributed by atoms with Crippen molar-refractivity contribution >= 4 is 28.4 Å². The maximum Gasteiger partial charge on any atom is 0.221 e. The molecule has 4 rings (SSSR count). The summed E-state index contributed by atoms with van der Waals surface area (Å²) in [5.74, 6) is 0.860. The van der Waals surface area contributed by atoms with E-state index < -0.39 is 0 Å². The van der Waals surface area contributed by atoms with Gasteiger partial charge in [0.15, 0.2) is 0 Å². The van der Waals surface area contributed by atoms with Crippen LogP contribution in [0.4, 0.5) is 11.5 Å². The molecule has 1 amide bonds. The van der Waals surface area contributed by atoms with Crippen LogP contribution in [0.25, 0.3) is 11.0 Å². The number of hydrogen-bond donors (Lipinski definition) is 1. The molecular formula is C21H24N6O. The zero-order chi connectivity index (χ0) is 19.5. The van der Waals surface area contributed by atoms with Gasteiger partial charge >= 0.3 is 0 Å². The topological polar surface area (TPSA) is 74.2 Å². The zero-order valence-corrected chi connectivity index (χ0v) is 16.2. The van der Waals surface area contributed by atoms with Crippen molar-refractivity contribution in [3.05, 3.63) is 54.5 Å². The first-order chi connectivity index (χ1) is 13.6. The van der Waals surface area contributed by atoms with E-state index in [1.807, 2.05) is 18.2 Å². The van der Waals surface area contributed by atoms with Gasteiger partial charge in [0.2, 0.25) is 5.91 Å². The Hall–Kier alpha value is -3.06. The molecule has 1 aromatic carbocycles. The summed E-state index contributed by atoms with van der Waals surface area (Å²) >= 11 is 0. The van der Waals surface area contributed by atoms with Gasteiger partial charge in [-0.3, -0.25) is 19.7 Å². The van der Waals surface area contributed by atoms with Crippen molar-refractivity contribution in [1.82, 2.24) is 19.9 Å². The standard InChI is InChI=1S/C21H24N6O/c1-15(17-3-5-19-20(13-17)23-8-7-22-19)26-9-11-27(12-10-26)21-6-4-18(14-24-21)25-16(2)28/h3-8,13-15H,9-12H2,1-2H3,(H,25,28). The summed E-state index contributed by atoms with van der Waals surface area (Å²) < 4.78 is 0. The maximum atomic E-state index is 11.1. The number of hydrogen-bond acceptors (Lipinski definition) is 6. The predicted octanol–water partition coefficient (Wildman–Crippen LogP) is 2.87. The Kier molecular flexibility index (Phi) is 5.16. The molecule has 0 aliphatic carbocycles. The lowest BCUT2D eigenvalue weighted by Gasteiger charge is -2.38. The molecule has 0 bridgehead atoms. The average Bonchev–Trinajstić information content (AvgIpc) is 2.73. The molecule has 1 saturated heterocycles. The number of pyridine rings is 1. The lowest BCUT2D eigenvalue weighted by atomic mass is 10.0. The van der Waals surface area contributed by atoms with Crippen molar-refractivity contribution in [3.63, 3.8) is 0 Å². The van der Waals surface area contributed by atoms with E-state index in [4.69, 9.17) is 0 Å². The Balaban J connectivity index is 1.39. The summed E-state index contributed by atoms with van der Waals surface area (Å²) in [7, 11) is 0. The monoisotopic (exact) mass is 376 g/mol. The van der Waals surface area contributed by atoms with Gasteiger partial charge in [-0.1, -0.05) is 6.07 Å². The van der Waals surface area contributed by atoms with Gasteiger partial charge in [-0.05, 0) is 36.8 Å². The number of benzene rings is 1. The van der Waals surface area contributed by atoms with Crippen molar-refractivity contribution in [2.24, 2.45) is 0 Å². The minimum atomic E-state index is -0.0863. The SMILES string of the molecule is CC(=O)Nc1ccc(N2CCN(C(C)c3ccc4nccnc4c3)CC2)nc1. The average molecular weight is 376 g/mol. The minimum Gasteiger partial charge on any atom is -0.354 e. The van der Waals surface area contributed by atoms with Gasteiger partial charge < -0.3 is 10.2 Å². The van der Waals surface area contributed by atoms with Crippen molar-refractivity contribution in [2.45, 2.75) is 19.9 Å². The Morgan fingerprint density at radius 1 is 1.00 bits per heavy atom. The molecule has 0 radical (unpaired) electrons. The van der Waals surface area contributed by atoms with E-state index >= 15 is 0 Å². The van der Waals surface area contributed by atoms with Crippen LogP contribution in [0.3, 0.4) is 0 Å². The second-order valence-electron chi connectivity index (χ2n) is 7.09. The van der Waals surface area contributed by atoms with E-state index in [1.54, 1.807) is 18.6 Å². The minimum absolute atomic E-state index is 0.0863. The number of anilines is 2. The maximum absolute atomic E-state index is 11.1. The Morgan fingerprint density at radius 2 is 1.75 bits per heavy atom. The molecule has 1 N–H and O–H groups in total. The van der Waals surface area contributed by atoms with Gasteiger partial charge in [-0.25, -0.2) is 4.98 Å². The highest BCUT2D eigenvalue weighted by Gasteiger charge is 2.23. The molecule has 3 aromatic rings. The van der Waals surface area contributed by atoms with E-state index in [9.17, 15) is 4.79 Å². The van der Waals surface area contributed by atoms with E-state index in [1.165, 1.54) is 12.5 Å². The van der Waals surface area contributed by atoms with Crippen LogP contribution in [0, 0.1) is 0 Å². The molecule has 0 spiro atoms. The highest BCUT2D eigenvalue weighted by molar-refractivity contribution is 5.88. The second kappa shape index (κ2) is 7.90. The van der Waals surface area contributed by atoms with Gasteiger partial charge in [0.25, 0.3) is 0 Å². The van der Waals surface area contributed by atoms with Crippen LogP contribution in [0.15, 0.2) is 48.9 Å². The van der Waals surface area contributed by atoms with Gasteiger partial charge in [0, 0.05) is 51.5 Å². The molecule has 2 aromatic heterocycles. The lowest BCUT2D eigenvalue weighted by Crippen LogP contribution is -2.47. The third kappa shape index (κ3) is 3.94. The predicted molar refractivity (Wildman–Crippen MR) is 110 cm³/mol. The Labute approximate surface area is 164 Å². The largest absolute Gasteiger partial charge is 0.354 e. The van der Waals surface area contributed by atoms with E-state index in [0.29, 0.717) is 6.04 Å². The molecule has 28 heavy (non-hydrogen) atoms. The molecular weight excluding hydrogens is 352 g/mol. The molecule has 144 valence electrons. The summed E-state index contributed by atoms with van der Waals surface area (Å²) in [6.07, 6.45) is 5.17. The van der Waals surface area contributed by atoms with Crippen LogP contribution in [0.5, 0.6) is 0 Å². The summed E-state index contributed by atoms with van der Waals surface area (Å²) in [4.78, 5) is 29.2. The van der Waals surface area contributed by atoms with E-state index in [2.05, 4.69) is 49.1 Å². The molecule has 7 nitrogen and oxygen atoms in total. The first-order valence-corrected chi connectivity index (χ1v) is 9.53. The first-order valence-electron chi connectivity index (χ1n) is 9.53. The summed E-state index contributed by atoms with van der Waals surface area (Å²) in [6, 6.07) is 10.5. The number of aromatic nitrogens is 3. The van der Waals surface area contributed by atoms with Crippen molar-refractivity contribution in [3.8, 4) is 0 Å². The van der Waals surface area contributed by atoms with Crippen LogP contribution in [0.2, 0.25) is 0 Å². The fourth-order valence-corrected chi connectivity index (χ4v) is 3.64. The molecule has 7 heteroatoms. The van der Waals surface area contributed by atoms with Crippen molar-refractivity contribution in [1.29, 1.82) is 0 Å². The molecule has 3 heterocycles. The number of rotatable bonds is 4. The number of carbonyl (C=O) groups is 1. The molecule has 1 aliphatic rings. The van der Waals surface area contributed by atoms with Crippen LogP contribution in [-0.2, 0) is 4.79 Å². The number of nitrogens with zero attached hydrogens (tertiary/aromatic N) is 5. The quantitative estimate of drug-likeness (QED) is 0.755. The Bertz CT molecular complexity index is 966. The zero-order valence-electron chi connectivity index (χ0n) is 16.2. The first kappa shape index (κ1) is 18.3. The van der Waals surface area contributed by atoms with Gasteiger partial charge in [0.05, 0.1) is 22.9 Å². The number of fused-ring (bicyclic) bond motifs is 1. The smallest absolute Gasteiger partial charge is 0.221 e. The number of carbonyl (C=O) groups excluding carboxylic acids is 1. The molecule has 1 atom stereocenters. The fourth-order valence-electron chi connectivity index (χ4n) is 3.64. The highest BCUT2D eigenvalue weighted by Crippen LogP contribution is 2.25. The molecule has 1 unspecified atom stereocenters. The fraction of sp³-hybridized carbons (Fsp3) is 0.333. The van der Waals surface area contributed by atoms with Crippen LogP contribution in [0.1, 0.15) is 25.5 Å². The van der Waals surface area contributed by atoms with E-state index in [0.717, 1.165) is 48.7 Å². The normalized spacial score (nSPS) is 16.1. The number of amides is 1. The van der Waals surface area contributed by atoms with Gasteiger partial charge in [0.1, 0.15) is 5.82 Å². The van der Waals surface area contributed by atoms with Crippen LogP contribution in [-0.4, -0.2) is 51.9 Å². The number of piperazine rings is 1. The van der Waals surface area contributed by atoms with Crippen LogP contribution < -0.4 is 10.2 Å². The summed E-state index contributed by atoms with van der Waals surface area (Å²) in [5, 5.41) is 2.75.